The third-order valence-electron chi connectivity index (χ3n) is 3.38. The number of aromatic nitrogens is 2. The third kappa shape index (κ3) is 2.71. The van der Waals surface area contributed by atoms with Crippen molar-refractivity contribution in [1.29, 1.82) is 0 Å². The standard InChI is InChI=1S/C17H16N2O2/c1-11-6-7-13-4-3-5-15(17(13)18-11)21-16-9-8-14(10-20)12(2)19-16/h3-9,20H,10H2,1-2H3. The summed E-state index contributed by atoms with van der Waals surface area (Å²) in [5.41, 5.74) is 3.33. The van der Waals surface area contributed by atoms with E-state index in [0.29, 0.717) is 11.6 Å². The number of benzene rings is 1. The van der Waals surface area contributed by atoms with Crippen LogP contribution < -0.4 is 4.74 Å². The summed E-state index contributed by atoms with van der Waals surface area (Å²) in [6.07, 6.45) is 0. The SMILES string of the molecule is Cc1ccc2cccc(Oc3ccc(CO)c(C)n3)c2n1. The van der Waals surface area contributed by atoms with E-state index in [1.54, 1.807) is 6.07 Å². The number of nitrogens with zero attached hydrogens (tertiary/aromatic N) is 2. The minimum absolute atomic E-state index is 0.0197. The number of pyridine rings is 2. The molecule has 0 aliphatic rings. The number of rotatable bonds is 3. The van der Waals surface area contributed by atoms with Crippen LogP contribution in [0.5, 0.6) is 11.6 Å². The summed E-state index contributed by atoms with van der Waals surface area (Å²) in [6.45, 7) is 3.78. The largest absolute Gasteiger partial charge is 0.437 e. The molecule has 2 heterocycles. The highest BCUT2D eigenvalue weighted by Gasteiger charge is 2.07. The lowest BCUT2D eigenvalue weighted by Crippen LogP contribution is -1.96. The van der Waals surface area contributed by atoms with Crippen LogP contribution in [0.15, 0.2) is 42.5 Å². The quantitative estimate of drug-likeness (QED) is 0.797. The molecule has 3 aromatic rings. The van der Waals surface area contributed by atoms with Gasteiger partial charge < -0.3 is 9.84 Å². The van der Waals surface area contributed by atoms with Crippen LogP contribution in [0, 0.1) is 13.8 Å². The summed E-state index contributed by atoms with van der Waals surface area (Å²) in [5.74, 6) is 1.18. The predicted octanol–water partition coefficient (Wildman–Crippen LogP) is 3.53. The van der Waals surface area contributed by atoms with Gasteiger partial charge in [-0.05, 0) is 37.6 Å². The first-order valence-corrected chi connectivity index (χ1v) is 6.79. The Hall–Kier alpha value is -2.46. The number of fused-ring (bicyclic) bond motifs is 1. The molecule has 21 heavy (non-hydrogen) atoms. The maximum atomic E-state index is 9.18. The fourth-order valence-electron chi connectivity index (χ4n) is 2.20. The van der Waals surface area contributed by atoms with Gasteiger partial charge in [0.05, 0.1) is 6.61 Å². The number of ether oxygens (including phenoxy) is 1. The highest BCUT2D eigenvalue weighted by Crippen LogP contribution is 2.28. The number of hydrogen-bond acceptors (Lipinski definition) is 4. The summed E-state index contributed by atoms with van der Waals surface area (Å²) < 4.78 is 5.87. The summed E-state index contributed by atoms with van der Waals surface area (Å²) in [5, 5.41) is 10.2. The fourth-order valence-corrected chi connectivity index (χ4v) is 2.20. The summed E-state index contributed by atoms with van der Waals surface area (Å²) in [4.78, 5) is 8.89. The highest BCUT2D eigenvalue weighted by atomic mass is 16.5. The molecule has 1 aromatic carbocycles. The zero-order valence-electron chi connectivity index (χ0n) is 12.0. The van der Waals surface area contributed by atoms with Crippen LogP contribution >= 0.6 is 0 Å². The zero-order chi connectivity index (χ0) is 14.8. The first kappa shape index (κ1) is 13.5. The van der Waals surface area contributed by atoms with Gasteiger partial charge in [-0.2, -0.15) is 0 Å². The Labute approximate surface area is 123 Å². The van der Waals surface area contributed by atoms with Crippen LogP contribution in [0.4, 0.5) is 0 Å². The molecule has 0 spiro atoms. The van der Waals surface area contributed by atoms with E-state index < -0.39 is 0 Å². The van der Waals surface area contributed by atoms with E-state index >= 15 is 0 Å². The van der Waals surface area contributed by atoms with Crippen molar-refractivity contribution >= 4 is 10.9 Å². The van der Waals surface area contributed by atoms with Crippen molar-refractivity contribution in [2.24, 2.45) is 0 Å². The Bertz CT molecular complexity index is 800. The molecule has 4 nitrogen and oxygen atoms in total. The molecule has 0 saturated carbocycles. The van der Waals surface area contributed by atoms with Crippen LogP contribution in [0.2, 0.25) is 0 Å². The average Bonchev–Trinajstić information content (AvgIpc) is 2.48. The first-order chi connectivity index (χ1) is 10.2. The van der Waals surface area contributed by atoms with Gasteiger partial charge in [0.25, 0.3) is 0 Å². The van der Waals surface area contributed by atoms with Crippen molar-refractivity contribution in [3.8, 4) is 11.6 Å². The normalized spacial score (nSPS) is 10.8. The van der Waals surface area contributed by atoms with E-state index in [0.717, 1.165) is 27.9 Å². The molecule has 1 N–H and O–H groups in total. The minimum atomic E-state index is -0.0197. The van der Waals surface area contributed by atoms with Gasteiger partial charge in [0.2, 0.25) is 5.88 Å². The molecule has 4 heteroatoms. The second kappa shape index (κ2) is 5.50. The lowest BCUT2D eigenvalue weighted by atomic mass is 10.2. The molecule has 0 saturated heterocycles. The van der Waals surface area contributed by atoms with Gasteiger partial charge in [-0.1, -0.05) is 18.2 Å². The van der Waals surface area contributed by atoms with Crippen LogP contribution in [-0.4, -0.2) is 15.1 Å². The summed E-state index contributed by atoms with van der Waals surface area (Å²) >= 11 is 0. The molecule has 3 rings (SSSR count). The van der Waals surface area contributed by atoms with E-state index in [2.05, 4.69) is 9.97 Å². The Morgan fingerprint density at radius 3 is 2.62 bits per heavy atom. The summed E-state index contributed by atoms with van der Waals surface area (Å²) in [7, 11) is 0. The van der Waals surface area contributed by atoms with E-state index in [9.17, 15) is 5.11 Å². The number of aliphatic hydroxyl groups excluding tert-OH is 1. The maximum Gasteiger partial charge on any atom is 0.219 e. The van der Waals surface area contributed by atoms with Gasteiger partial charge in [-0.15, -0.1) is 0 Å². The van der Waals surface area contributed by atoms with Crippen molar-refractivity contribution in [1.82, 2.24) is 9.97 Å². The van der Waals surface area contributed by atoms with Gasteiger partial charge >= 0.3 is 0 Å². The number of hydrogen-bond donors (Lipinski definition) is 1. The Morgan fingerprint density at radius 1 is 1.00 bits per heavy atom. The topological polar surface area (TPSA) is 55.2 Å². The Kier molecular flexibility index (Phi) is 3.54. The molecule has 2 aromatic heterocycles. The van der Waals surface area contributed by atoms with Crippen molar-refractivity contribution in [2.75, 3.05) is 0 Å². The monoisotopic (exact) mass is 280 g/mol. The van der Waals surface area contributed by atoms with Gasteiger partial charge in [0, 0.05) is 22.8 Å². The minimum Gasteiger partial charge on any atom is -0.437 e. The van der Waals surface area contributed by atoms with Gasteiger partial charge in [-0.3, -0.25) is 0 Å². The average molecular weight is 280 g/mol. The zero-order valence-corrected chi connectivity index (χ0v) is 12.0. The van der Waals surface area contributed by atoms with Crippen LogP contribution in [0.25, 0.3) is 10.9 Å². The van der Waals surface area contributed by atoms with Crippen molar-refractivity contribution < 1.29 is 9.84 Å². The number of aliphatic hydroxyl groups is 1. The second-order valence-electron chi connectivity index (χ2n) is 4.93. The van der Waals surface area contributed by atoms with E-state index in [1.807, 2.05) is 50.2 Å². The van der Waals surface area contributed by atoms with Gasteiger partial charge in [0.15, 0.2) is 5.75 Å². The van der Waals surface area contributed by atoms with Crippen molar-refractivity contribution in [3.63, 3.8) is 0 Å². The molecule has 0 fully saturated rings. The molecule has 0 amide bonds. The summed E-state index contributed by atoms with van der Waals surface area (Å²) in [6, 6.07) is 13.4. The molecule has 0 aliphatic heterocycles. The second-order valence-corrected chi connectivity index (χ2v) is 4.93. The van der Waals surface area contributed by atoms with Crippen LogP contribution in [-0.2, 0) is 6.61 Å². The predicted molar refractivity (Wildman–Crippen MR) is 81.5 cm³/mol. The number of aryl methyl sites for hydroxylation is 2. The Balaban J connectivity index is 2.01. The van der Waals surface area contributed by atoms with E-state index in [4.69, 9.17) is 4.74 Å². The van der Waals surface area contributed by atoms with E-state index in [-0.39, 0.29) is 6.61 Å². The fraction of sp³-hybridized carbons (Fsp3) is 0.176. The lowest BCUT2D eigenvalue weighted by molar-refractivity contribution is 0.280. The highest BCUT2D eigenvalue weighted by molar-refractivity contribution is 5.84. The molecular weight excluding hydrogens is 264 g/mol. The van der Waals surface area contributed by atoms with Crippen molar-refractivity contribution in [2.45, 2.75) is 20.5 Å². The third-order valence-corrected chi connectivity index (χ3v) is 3.38. The van der Waals surface area contributed by atoms with Crippen LogP contribution in [0.3, 0.4) is 0 Å². The number of para-hydroxylation sites is 1. The molecular formula is C17H16N2O2. The molecule has 0 atom stereocenters. The smallest absolute Gasteiger partial charge is 0.219 e. The lowest BCUT2D eigenvalue weighted by Gasteiger charge is -2.09. The maximum absolute atomic E-state index is 9.18. The Morgan fingerprint density at radius 2 is 1.86 bits per heavy atom. The van der Waals surface area contributed by atoms with Crippen LogP contribution in [0.1, 0.15) is 17.0 Å². The molecule has 0 aliphatic carbocycles. The molecule has 0 radical (unpaired) electrons. The molecule has 0 bridgehead atoms. The first-order valence-electron chi connectivity index (χ1n) is 6.79. The van der Waals surface area contributed by atoms with Crippen molar-refractivity contribution in [3.05, 3.63) is 59.4 Å². The van der Waals surface area contributed by atoms with Gasteiger partial charge in [-0.25, -0.2) is 9.97 Å². The molecule has 106 valence electrons. The van der Waals surface area contributed by atoms with Gasteiger partial charge in [0.1, 0.15) is 5.52 Å². The van der Waals surface area contributed by atoms with E-state index in [1.165, 1.54) is 0 Å². The molecule has 0 unspecified atom stereocenters.